The first-order chi connectivity index (χ1) is 11.0. The van der Waals surface area contributed by atoms with Gasteiger partial charge in [0.15, 0.2) is 5.11 Å². The van der Waals surface area contributed by atoms with Gasteiger partial charge in [0.2, 0.25) is 5.91 Å². The zero-order valence-corrected chi connectivity index (χ0v) is 14.4. The molecular formula is C17H23N3O2S. The smallest absolute Gasteiger partial charge is 0.253 e. The Morgan fingerprint density at radius 1 is 1.17 bits per heavy atom. The molecule has 0 radical (unpaired) electrons. The second kappa shape index (κ2) is 8.06. The predicted molar refractivity (Wildman–Crippen MR) is 95.4 cm³/mol. The standard InChI is InChI=1S/C17H23N3O2S/c1-12(2)11-15(21)19-17(23)18-14-7-5-13(6-8-14)16(22)20-9-3-4-10-20/h5-8,12H,3-4,9-11H2,1-2H3,(H2,18,19,21,23). The molecule has 0 aliphatic carbocycles. The maximum Gasteiger partial charge on any atom is 0.253 e. The lowest BCUT2D eigenvalue weighted by Crippen LogP contribution is -2.34. The molecule has 23 heavy (non-hydrogen) atoms. The van der Waals surface area contributed by atoms with Gasteiger partial charge in [0, 0.05) is 30.8 Å². The van der Waals surface area contributed by atoms with Crippen molar-refractivity contribution in [2.45, 2.75) is 33.1 Å². The summed E-state index contributed by atoms with van der Waals surface area (Å²) in [5, 5.41) is 5.88. The first-order valence-electron chi connectivity index (χ1n) is 7.96. The molecule has 1 aliphatic heterocycles. The number of nitrogens with one attached hydrogen (secondary N) is 2. The molecule has 1 aromatic rings. The van der Waals surface area contributed by atoms with E-state index in [1.54, 1.807) is 24.3 Å². The van der Waals surface area contributed by atoms with Gasteiger partial charge in [0.05, 0.1) is 0 Å². The lowest BCUT2D eigenvalue weighted by molar-refractivity contribution is -0.120. The van der Waals surface area contributed by atoms with Crippen molar-refractivity contribution in [2.24, 2.45) is 5.92 Å². The highest BCUT2D eigenvalue weighted by Crippen LogP contribution is 2.15. The van der Waals surface area contributed by atoms with E-state index >= 15 is 0 Å². The van der Waals surface area contributed by atoms with E-state index in [0.29, 0.717) is 12.0 Å². The normalized spacial score (nSPS) is 14.0. The summed E-state index contributed by atoms with van der Waals surface area (Å²) in [7, 11) is 0. The van der Waals surface area contributed by atoms with Crippen LogP contribution in [0.1, 0.15) is 43.5 Å². The Bertz CT molecular complexity index is 578. The summed E-state index contributed by atoms with van der Waals surface area (Å²) in [5.74, 6) is 0.258. The number of anilines is 1. The van der Waals surface area contributed by atoms with Gasteiger partial charge < -0.3 is 15.5 Å². The summed E-state index contributed by atoms with van der Waals surface area (Å²) in [6.07, 6.45) is 2.59. The van der Waals surface area contributed by atoms with Crippen molar-refractivity contribution in [1.82, 2.24) is 10.2 Å². The van der Waals surface area contributed by atoms with Gasteiger partial charge in [-0.25, -0.2) is 0 Å². The molecule has 6 heteroatoms. The van der Waals surface area contributed by atoms with Crippen LogP contribution in [0.3, 0.4) is 0 Å². The fourth-order valence-electron chi connectivity index (χ4n) is 2.51. The van der Waals surface area contributed by atoms with E-state index in [9.17, 15) is 9.59 Å². The van der Waals surface area contributed by atoms with Crippen LogP contribution < -0.4 is 10.6 Å². The van der Waals surface area contributed by atoms with E-state index in [-0.39, 0.29) is 22.8 Å². The largest absolute Gasteiger partial charge is 0.339 e. The summed E-state index contributed by atoms with van der Waals surface area (Å²) in [6, 6.07) is 7.15. The second-order valence-corrected chi connectivity index (χ2v) is 6.59. The summed E-state index contributed by atoms with van der Waals surface area (Å²) in [5.41, 5.74) is 1.42. The molecule has 1 aliphatic rings. The third kappa shape index (κ3) is 5.32. The number of carbonyl (C=O) groups excluding carboxylic acids is 2. The maximum atomic E-state index is 12.3. The molecule has 2 amide bonds. The van der Waals surface area contributed by atoms with Crippen molar-refractivity contribution in [1.29, 1.82) is 0 Å². The quantitative estimate of drug-likeness (QED) is 0.832. The van der Waals surface area contributed by atoms with E-state index in [0.717, 1.165) is 31.6 Å². The monoisotopic (exact) mass is 333 g/mol. The van der Waals surface area contributed by atoms with E-state index in [4.69, 9.17) is 12.2 Å². The predicted octanol–water partition coefficient (Wildman–Crippen LogP) is 2.78. The molecule has 5 nitrogen and oxygen atoms in total. The van der Waals surface area contributed by atoms with Gasteiger partial charge in [-0.15, -0.1) is 0 Å². The van der Waals surface area contributed by atoms with Crippen molar-refractivity contribution >= 4 is 34.8 Å². The summed E-state index contributed by atoms with van der Waals surface area (Å²) in [6.45, 7) is 5.63. The third-order valence-electron chi connectivity index (χ3n) is 3.63. The fourth-order valence-corrected chi connectivity index (χ4v) is 2.74. The number of rotatable bonds is 4. The molecule has 0 atom stereocenters. The number of hydrogen-bond acceptors (Lipinski definition) is 3. The van der Waals surface area contributed by atoms with Gasteiger partial charge in [-0.3, -0.25) is 9.59 Å². The van der Waals surface area contributed by atoms with Crippen LogP contribution in [0.5, 0.6) is 0 Å². The van der Waals surface area contributed by atoms with E-state index in [2.05, 4.69) is 10.6 Å². The molecule has 1 aromatic carbocycles. The third-order valence-corrected chi connectivity index (χ3v) is 3.83. The topological polar surface area (TPSA) is 61.4 Å². The second-order valence-electron chi connectivity index (χ2n) is 6.18. The summed E-state index contributed by atoms with van der Waals surface area (Å²) >= 11 is 5.12. The van der Waals surface area contributed by atoms with Crippen molar-refractivity contribution in [3.05, 3.63) is 29.8 Å². The van der Waals surface area contributed by atoms with Crippen LogP contribution in [0.15, 0.2) is 24.3 Å². The number of thiocarbonyl (C=S) groups is 1. The van der Waals surface area contributed by atoms with Crippen molar-refractivity contribution in [3.63, 3.8) is 0 Å². The van der Waals surface area contributed by atoms with Gasteiger partial charge in [-0.05, 0) is 55.2 Å². The van der Waals surface area contributed by atoms with Crippen LogP contribution in [0.4, 0.5) is 5.69 Å². The first-order valence-corrected chi connectivity index (χ1v) is 8.36. The zero-order chi connectivity index (χ0) is 16.8. The van der Waals surface area contributed by atoms with Crippen molar-refractivity contribution in [3.8, 4) is 0 Å². The molecule has 1 heterocycles. The van der Waals surface area contributed by atoms with Crippen LogP contribution >= 0.6 is 12.2 Å². The maximum absolute atomic E-state index is 12.3. The van der Waals surface area contributed by atoms with Gasteiger partial charge in [0.1, 0.15) is 0 Å². The number of nitrogens with zero attached hydrogens (tertiary/aromatic N) is 1. The van der Waals surface area contributed by atoms with Crippen LogP contribution in [0, 0.1) is 5.92 Å². The van der Waals surface area contributed by atoms with E-state index < -0.39 is 0 Å². The van der Waals surface area contributed by atoms with Crippen molar-refractivity contribution < 1.29 is 9.59 Å². The number of likely N-dealkylation sites (tertiary alicyclic amines) is 1. The molecule has 0 bridgehead atoms. The molecular weight excluding hydrogens is 310 g/mol. The number of carbonyl (C=O) groups is 2. The van der Waals surface area contributed by atoms with Crippen molar-refractivity contribution in [2.75, 3.05) is 18.4 Å². The average molecular weight is 333 g/mol. The Morgan fingerprint density at radius 3 is 2.35 bits per heavy atom. The minimum atomic E-state index is -0.0988. The lowest BCUT2D eigenvalue weighted by atomic mass is 10.1. The van der Waals surface area contributed by atoms with Crippen LogP contribution in [0.2, 0.25) is 0 Å². The first kappa shape index (κ1) is 17.4. The van der Waals surface area contributed by atoms with Crippen LogP contribution in [-0.2, 0) is 4.79 Å². The van der Waals surface area contributed by atoms with Gasteiger partial charge in [-0.2, -0.15) is 0 Å². The fraction of sp³-hybridized carbons (Fsp3) is 0.471. The molecule has 1 saturated heterocycles. The molecule has 0 unspecified atom stereocenters. The molecule has 0 spiro atoms. The molecule has 0 saturated carbocycles. The Labute approximate surface area is 142 Å². The Morgan fingerprint density at radius 2 is 1.78 bits per heavy atom. The van der Waals surface area contributed by atoms with Gasteiger partial charge >= 0.3 is 0 Å². The van der Waals surface area contributed by atoms with Crippen LogP contribution in [-0.4, -0.2) is 34.9 Å². The van der Waals surface area contributed by atoms with E-state index in [1.165, 1.54) is 0 Å². The number of amides is 2. The Kier molecular flexibility index (Phi) is 6.10. The Hall–Kier alpha value is -1.95. The lowest BCUT2D eigenvalue weighted by Gasteiger charge is -2.15. The average Bonchev–Trinajstić information content (AvgIpc) is 3.00. The zero-order valence-electron chi connectivity index (χ0n) is 13.6. The minimum absolute atomic E-state index is 0.0712. The van der Waals surface area contributed by atoms with Gasteiger partial charge in [0.25, 0.3) is 5.91 Å². The molecule has 0 aromatic heterocycles. The van der Waals surface area contributed by atoms with Crippen LogP contribution in [0.25, 0.3) is 0 Å². The molecule has 2 N–H and O–H groups in total. The highest BCUT2D eigenvalue weighted by atomic mass is 32.1. The molecule has 1 fully saturated rings. The molecule has 124 valence electrons. The minimum Gasteiger partial charge on any atom is -0.339 e. The Balaban J connectivity index is 1.88. The van der Waals surface area contributed by atoms with Gasteiger partial charge in [-0.1, -0.05) is 13.8 Å². The summed E-state index contributed by atoms with van der Waals surface area (Å²) in [4.78, 5) is 25.8. The van der Waals surface area contributed by atoms with E-state index in [1.807, 2.05) is 18.7 Å². The molecule has 2 rings (SSSR count). The number of hydrogen-bond donors (Lipinski definition) is 2. The summed E-state index contributed by atoms with van der Waals surface area (Å²) < 4.78 is 0. The SMILES string of the molecule is CC(C)CC(=O)NC(=S)Nc1ccc(C(=O)N2CCCC2)cc1. The highest BCUT2D eigenvalue weighted by Gasteiger charge is 2.19. The number of benzene rings is 1. The highest BCUT2D eigenvalue weighted by molar-refractivity contribution is 7.80.